The summed E-state index contributed by atoms with van der Waals surface area (Å²) >= 11 is 0. The molecule has 0 aliphatic carbocycles. The fourth-order valence-electron chi connectivity index (χ4n) is 7.40. The Kier molecular flexibility index (Phi) is 9.32. The first-order chi connectivity index (χ1) is 24.2. The summed E-state index contributed by atoms with van der Waals surface area (Å²) in [6.45, 7) is 6.43. The Morgan fingerprint density at radius 3 is 2.40 bits per heavy atom. The first kappa shape index (κ1) is 33.7. The number of hydrogen-bond donors (Lipinski definition) is 2. The minimum Gasteiger partial charge on any atom is -0.490 e. The van der Waals surface area contributed by atoms with E-state index in [1.807, 2.05) is 104 Å². The summed E-state index contributed by atoms with van der Waals surface area (Å²) < 4.78 is 20.9. The number of methoxy groups -OCH3 is 1. The Morgan fingerprint density at radius 1 is 0.940 bits per heavy atom. The highest BCUT2D eigenvalue weighted by Crippen LogP contribution is 2.49. The molecule has 2 unspecified atom stereocenters. The van der Waals surface area contributed by atoms with Crippen LogP contribution in [0, 0.1) is 5.92 Å². The molecule has 258 valence electrons. The monoisotopic (exact) mass is 690 g/mol. The Bertz CT molecular complexity index is 1980. The second-order valence-electron chi connectivity index (χ2n) is 13.6. The molecule has 7 rings (SSSR count). The van der Waals surface area contributed by atoms with Crippen molar-refractivity contribution >= 4 is 25.6 Å². The van der Waals surface area contributed by atoms with E-state index in [2.05, 4.69) is 17.2 Å². The van der Waals surface area contributed by atoms with Crippen molar-refractivity contribution in [1.29, 1.82) is 0 Å². The molecular weight excluding hydrogens is 649 g/mol. The SMILES string of the molecule is CO[C@@H]1c2cc(N3C(=O)c4ccccc4Oc4ccccc43)ccc2O[C@H](C(CCn2cc(C(CO)c3ccccc3)nn2)[Si](C)(C)O)[C@H]1C. The van der Waals surface area contributed by atoms with Crippen LogP contribution in [0.2, 0.25) is 18.6 Å². The molecule has 5 aromatic rings. The summed E-state index contributed by atoms with van der Waals surface area (Å²) in [6, 6.07) is 30.3. The molecule has 5 atom stereocenters. The number of benzene rings is 4. The highest BCUT2D eigenvalue weighted by molar-refractivity contribution is 6.71. The van der Waals surface area contributed by atoms with Gasteiger partial charge in [-0.3, -0.25) is 14.4 Å². The minimum atomic E-state index is -2.78. The van der Waals surface area contributed by atoms with Crippen LogP contribution in [-0.4, -0.2) is 58.9 Å². The number of aliphatic hydroxyl groups is 1. The van der Waals surface area contributed by atoms with Gasteiger partial charge in [-0.1, -0.05) is 66.7 Å². The third kappa shape index (κ3) is 6.33. The number of aryl methyl sites for hydroxylation is 1. The number of rotatable bonds is 10. The van der Waals surface area contributed by atoms with Gasteiger partial charge in [0.05, 0.1) is 41.3 Å². The average Bonchev–Trinajstić information content (AvgIpc) is 3.53. The van der Waals surface area contributed by atoms with E-state index in [0.717, 1.165) is 11.1 Å². The predicted molar refractivity (Wildman–Crippen MR) is 193 cm³/mol. The van der Waals surface area contributed by atoms with E-state index in [-0.39, 0.29) is 42.1 Å². The van der Waals surface area contributed by atoms with Gasteiger partial charge < -0.3 is 24.1 Å². The van der Waals surface area contributed by atoms with Gasteiger partial charge in [-0.25, -0.2) is 0 Å². The summed E-state index contributed by atoms with van der Waals surface area (Å²) in [6.07, 6.45) is 1.81. The average molecular weight is 691 g/mol. The lowest BCUT2D eigenvalue weighted by atomic mass is 9.86. The molecule has 0 fully saturated rings. The lowest BCUT2D eigenvalue weighted by Gasteiger charge is -2.44. The van der Waals surface area contributed by atoms with Crippen LogP contribution in [0.5, 0.6) is 17.2 Å². The molecule has 3 heterocycles. The van der Waals surface area contributed by atoms with E-state index >= 15 is 0 Å². The van der Waals surface area contributed by atoms with E-state index in [9.17, 15) is 14.7 Å². The molecule has 10 nitrogen and oxygen atoms in total. The van der Waals surface area contributed by atoms with Crippen molar-refractivity contribution in [2.75, 3.05) is 18.6 Å². The van der Waals surface area contributed by atoms with Crippen molar-refractivity contribution in [3.05, 3.63) is 126 Å². The number of hydrogen-bond acceptors (Lipinski definition) is 8. The number of nitrogens with zero attached hydrogens (tertiary/aromatic N) is 4. The number of para-hydroxylation sites is 3. The maximum absolute atomic E-state index is 14.1. The molecule has 0 bridgehead atoms. The topological polar surface area (TPSA) is 119 Å². The number of anilines is 2. The maximum Gasteiger partial charge on any atom is 0.266 e. The van der Waals surface area contributed by atoms with Crippen molar-refractivity contribution in [2.45, 2.75) is 56.7 Å². The molecule has 2 aliphatic rings. The van der Waals surface area contributed by atoms with E-state index in [4.69, 9.17) is 14.2 Å². The van der Waals surface area contributed by atoms with Gasteiger partial charge in [0, 0.05) is 36.9 Å². The Hall–Kier alpha value is -4.81. The molecule has 0 spiro atoms. The Morgan fingerprint density at radius 2 is 1.66 bits per heavy atom. The summed E-state index contributed by atoms with van der Waals surface area (Å²) in [5.74, 6) is 1.17. The number of carbonyl (C=O) groups is 1. The van der Waals surface area contributed by atoms with Gasteiger partial charge in [0.1, 0.15) is 17.6 Å². The van der Waals surface area contributed by atoms with E-state index in [1.54, 1.807) is 28.8 Å². The van der Waals surface area contributed by atoms with Crippen molar-refractivity contribution in [3.8, 4) is 17.2 Å². The normalized spacial score (nSPS) is 19.7. The lowest BCUT2D eigenvalue weighted by Crippen LogP contribution is -2.48. The zero-order valence-corrected chi connectivity index (χ0v) is 29.6. The summed E-state index contributed by atoms with van der Waals surface area (Å²) in [5, 5.41) is 18.9. The van der Waals surface area contributed by atoms with Crippen LogP contribution in [0.25, 0.3) is 0 Å². The molecule has 2 N–H and O–H groups in total. The molecule has 4 aromatic carbocycles. The van der Waals surface area contributed by atoms with Gasteiger partial charge in [0.25, 0.3) is 5.91 Å². The van der Waals surface area contributed by atoms with Gasteiger partial charge in [-0.05, 0) is 67.5 Å². The third-order valence-electron chi connectivity index (χ3n) is 9.99. The number of carbonyl (C=O) groups excluding carboxylic acids is 1. The van der Waals surface area contributed by atoms with E-state index in [1.165, 1.54) is 0 Å². The second kappa shape index (κ2) is 13.8. The molecule has 0 saturated carbocycles. The summed E-state index contributed by atoms with van der Waals surface area (Å²) in [5.41, 5.74) is 4.13. The van der Waals surface area contributed by atoms with Crippen molar-refractivity contribution in [2.24, 2.45) is 5.92 Å². The van der Waals surface area contributed by atoms with Crippen molar-refractivity contribution < 1.29 is 28.9 Å². The fourth-order valence-corrected chi connectivity index (χ4v) is 9.41. The van der Waals surface area contributed by atoms with Gasteiger partial charge in [-0.2, -0.15) is 0 Å². The van der Waals surface area contributed by atoms with Gasteiger partial charge in [0.2, 0.25) is 0 Å². The third-order valence-corrected chi connectivity index (χ3v) is 12.4. The fraction of sp³-hybridized carbons (Fsp3) is 0.308. The van der Waals surface area contributed by atoms with Gasteiger partial charge in [0.15, 0.2) is 14.1 Å². The molecule has 1 amide bonds. The zero-order chi connectivity index (χ0) is 35.0. The van der Waals surface area contributed by atoms with Gasteiger partial charge in [-0.15, -0.1) is 5.10 Å². The number of amides is 1. The minimum absolute atomic E-state index is 0.0750. The van der Waals surface area contributed by atoms with Crippen molar-refractivity contribution in [1.82, 2.24) is 15.0 Å². The van der Waals surface area contributed by atoms with Crippen LogP contribution in [0.15, 0.2) is 103 Å². The highest BCUT2D eigenvalue weighted by Gasteiger charge is 2.46. The number of ether oxygens (including phenoxy) is 3. The Labute approximate surface area is 293 Å². The number of aliphatic hydroxyl groups excluding tert-OH is 1. The predicted octanol–water partition coefficient (Wildman–Crippen LogP) is 7.23. The number of fused-ring (bicyclic) bond motifs is 3. The summed E-state index contributed by atoms with van der Waals surface area (Å²) in [4.78, 5) is 27.4. The molecular formula is C39H42N4O6Si. The molecule has 50 heavy (non-hydrogen) atoms. The quantitative estimate of drug-likeness (QED) is 0.147. The van der Waals surface area contributed by atoms with Crippen LogP contribution >= 0.6 is 0 Å². The molecule has 0 radical (unpaired) electrons. The zero-order valence-electron chi connectivity index (χ0n) is 28.6. The van der Waals surface area contributed by atoms with E-state index < -0.39 is 8.32 Å². The highest BCUT2D eigenvalue weighted by atomic mass is 28.4. The van der Waals surface area contributed by atoms with Crippen LogP contribution < -0.4 is 14.4 Å². The number of aromatic nitrogens is 3. The van der Waals surface area contributed by atoms with Crippen molar-refractivity contribution in [3.63, 3.8) is 0 Å². The standard InChI is InChI=1S/C39H42N4O6Si/c1-25-37(47-2)29-22-27(43-32-15-9-11-17-35(32)48-33-16-10-8-14-28(33)39(43)45)18-19-34(29)49-38(25)36(50(3,4)46)20-21-42-23-31(40-41-42)30(24-44)26-12-6-5-7-13-26/h5-19,22-23,25,30,36-38,44,46H,20-21,24H2,1-4H3/t25-,30?,36?,37-,38-/m0/s1. The smallest absolute Gasteiger partial charge is 0.266 e. The molecule has 0 saturated heterocycles. The Balaban J connectivity index is 1.16. The van der Waals surface area contributed by atoms with Crippen LogP contribution in [0.4, 0.5) is 11.4 Å². The molecule has 2 aliphatic heterocycles. The first-order valence-electron chi connectivity index (χ1n) is 17.0. The largest absolute Gasteiger partial charge is 0.490 e. The van der Waals surface area contributed by atoms with Gasteiger partial charge >= 0.3 is 0 Å². The van der Waals surface area contributed by atoms with Crippen LogP contribution in [0.1, 0.15) is 52.5 Å². The first-order valence-corrected chi connectivity index (χ1v) is 20.0. The second-order valence-corrected chi connectivity index (χ2v) is 17.7. The van der Waals surface area contributed by atoms with Crippen LogP contribution in [0.3, 0.4) is 0 Å². The van der Waals surface area contributed by atoms with Crippen LogP contribution in [-0.2, 0) is 11.3 Å². The molecule has 1 aromatic heterocycles. The summed E-state index contributed by atoms with van der Waals surface area (Å²) in [7, 11) is -1.09. The molecule has 11 heteroatoms. The van der Waals surface area contributed by atoms with E-state index in [0.29, 0.717) is 52.8 Å². The lowest BCUT2D eigenvalue weighted by molar-refractivity contribution is -0.0247. The maximum atomic E-state index is 14.1.